The summed E-state index contributed by atoms with van der Waals surface area (Å²) < 4.78 is 15.9. The summed E-state index contributed by atoms with van der Waals surface area (Å²) in [6, 6.07) is 6.22. The molecule has 2 aromatic rings. The van der Waals surface area contributed by atoms with Crippen molar-refractivity contribution in [2.75, 3.05) is 0 Å². The SMILES string of the molecule is Cc1nn(Cc2cc(F)ccc2C#N)c(C)c1Br. The van der Waals surface area contributed by atoms with Crippen LogP contribution < -0.4 is 0 Å². The molecule has 0 saturated heterocycles. The van der Waals surface area contributed by atoms with Crippen molar-refractivity contribution in [1.82, 2.24) is 9.78 Å². The van der Waals surface area contributed by atoms with Gasteiger partial charge in [-0.05, 0) is 53.5 Å². The second-order valence-corrected chi connectivity index (χ2v) is 4.85. The van der Waals surface area contributed by atoms with E-state index < -0.39 is 0 Å². The summed E-state index contributed by atoms with van der Waals surface area (Å²) in [5, 5.41) is 13.4. The fraction of sp³-hybridized carbons (Fsp3) is 0.231. The van der Waals surface area contributed by atoms with Crippen LogP contribution in [0.2, 0.25) is 0 Å². The Balaban J connectivity index is 2.43. The van der Waals surface area contributed by atoms with Gasteiger partial charge in [-0.15, -0.1) is 0 Å². The van der Waals surface area contributed by atoms with Crippen molar-refractivity contribution in [2.24, 2.45) is 0 Å². The number of benzene rings is 1. The molecule has 0 saturated carbocycles. The zero-order valence-corrected chi connectivity index (χ0v) is 11.6. The average Bonchev–Trinajstić information content (AvgIpc) is 2.57. The summed E-state index contributed by atoms with van der Waals surface area (Å²) >= 11 is 3.44. The first-order chi connectivity index (χ1) is 8.52. The molecule has 2 rings (SSSR count). The summed E-state index contributed by atoms with van der Waals surface area (Å²) in [6.07, 6.45) is 0. The standard InChI is InChI=1S/C13H11BrFN3/c1-8-13(14)9(2)18(17-8)7-11-5-12(15)4-3-10(11)6-16/h3-5H,7H2,1-2H3. The maximum Gasteiger partial charge on any atom is 0.123 e. The minimum absolute atomic E-state index is 0.343. The van der Waals surface area contributed by atoms with Crippen LogP contribution in [-0.2, 0) is 6.54 Å². The van der Waals surface area contributed by atoms with E-state index in [9.17, 15) is 4.39 Å². The van der Waals surface area contributed by atoms with Gasteiger partial charge in [0.2, 0.25) is 0 Å². The lowest BCUT2D eigenvalue weighted by atomic mass is 10.1. The fourth-order valence-electron chi connectivity index (χ4n) is 1.79. The molecule has 3 nitrogen and oxygen atoms in total. The van der Waals surface area contributed by atoms with Crippen molar-refractivity contribution >= 4 is 15.9 Å². The lowest BCUT2D eigenvalue weighted by Gasteiger charge is -2.06. The number of halogens is 2. The molecule has 0 atom stereocenters. The van der Waals surface area contributed by atoms with Crippen molar-refractivity contribution in [1.29, 1.82) is 5.26 Å². The molecule has 1 aromatic carbocycles. The Morgan fingerprint density at radius 2 is 2.17 bits per heavy atom. The van der Waals surface area contributed by atoms with Crippen molar-refractivity contribution in [3.63, 3.8) is 0 Å². The van der Waals surface area contributed by atoms with Crippen LogP contribution in [0.5, 0.6) is 0 Å². The molecule has 92 valence electrons. The molecule has 0 fully saturated rings. The molecule has 18 heavy (non-hydrogen) atoms. The van der Waals surface area contributed by atoms with Crippen LogP contribution >= 0.6 is 15.9 Å². The number of nitriles is 1. The number of nitrogens with zero attached hydrogens (tertiary/aromatic N) is 3. The van der Waals surface area contributed by atoms with Gasteiger partial charge in [-0.2, -0.15) is 10.4 Å². The van der Waals surface area contributed by atoms with Crippen molar-refractivity contribution in [3.05, 3.63) is 51.0 Å². The summed E-state index contributed by atoms with van der Waals surface area (Å²) in [6.45, 7) is 4.21. The van der Waals surface area contributed by atoms with Gasteiger partial charge in [-0.3, -0.25) is 4.68 Å². The summed E-state index contributed by atoms with van der Waals surface area (Å²) in [4.78, 5) is 0. The minimum atomic E-state index is -0.343. The number of hydrogen-bond acceptors (Lipinski definition) is 2. The predicted molar refractivity (Wildman–Crippen MR) is 69.6 cm³/mol. The summed E-state index contributed by atoms with van der Waals surface area (Å²) in [7, 11) is 0. The van der Waals surface area contributed by atoms with E-state index in [2.05, 4.69) is 27.1 Å². The zero-order valence-electron chi connectivity index (χ0n) is 10.0. The highest BCUT2D eigenvalue weighted by Crippen LogP contribution is 2.21. The highest BCUT2D eigenvalue weighted by molar-refractivity contribution is 9.10. The number of aromatic nitrogens is 2. The van der Waals surface area contributed by atoms with E-state index >= 15 is 0 Å². The van der Waals surface area contributed by atoms with Gasteiger partial charge in [0.1, 0.15) is 5.82 Å². The smallest absolute Gasteiger partial charge is 0.123 e. The van der Waals surface area contributed by atoms with Crippen LogP contribution in [0.4, 0.5) is 4.39 Å². The fourth-order valence-corrected chi connectivity index (χ4v) is 2.08. The van der Waals surface area contributed by atoms with Gasteiger partial charge in [-0.1, -0.05) is 0 Å². The molecule has 0 radical (unpaired) electrons. The van der Waals surface area contributed by atoms with Gasteiger partial charge in [0.15, 0.2) is 0 Å². The van der Waals surface area contributed by atoms with E-state index in [1.165, 1.54) is 18.2 Å². The lowest BCUT2D eigenvalue weighted by Crippen LogP contribution is -2.06. The average molecular weight is 308 g/mol. The Bertz CT molecular complexity index is 640. The molecule has 0 unspecified atom stereocenters. The Labute approximate surface area is 113 Å². The van der Waals surface area contributed by atoms with Crippen molar-refractivity contribution in [2.45, 2.75) is 20.4 Å². The minimum Gasteiger partial charge on any atom is -0.264 e. The molecule has 0 spiro atoms. The Hall–Kier alpha value is -1.67. The molecular formula is C13H11BrFN3. The van der Waals surface area contributed by atoms with Gasteiger partial charge in [-0.25, -0.2) is 4.39 Å². The molecule has 0 bridgehead atoms. The predicted octanol–water partition coefficient (Wildman–Crippen LogP) is 3.32. The lowest BCUT2D eigenvalue weighted by molar-refractivity contribution is 0.615. The van der Waals surface area contributed by atoms with Crippen LogP contribution in [-0.4, -0.2) is 9.78 Å². The van der Waals surface area contributed by atoms with E-state index in [-0.39, 0.29) is 5.82 Å². The van der Waals surface area contributed by atoms with Gasteiger partial charge in [0.25, 0.3) is 0 Å². The molecule has 0 N–H and O–H groups in total. The van der Waals surface area contributed by atoms with Gasteiger partial charge < -0.3 is 0 Å². The third kappa shape index (κ3) is 2.29. The van der Waals surface area contributed by atoms with Crippen molar-refractivity contribution in [3.8, 4) is 6.07 Å². The highest BCUT2D eigenvalue weighted by atomic mass is 79.9. The topological polar surface area (TPSA) is 41.6 Å². The van der Waals surface area contributed by atoms with Gasteiger partial charge in [0.05, 0.1) is 34.0 Å². The third-order valence-corrected chi connectivity index (χ3v) is 3.95. The normalized spacial score (nSPS) is 10.4. The maximum atomic E-state index is 13.2. The van der Waals surface area contributed by atoms with E-state index in [1.807, 2.05) is 13.8 Å². The van der Waals surface area contributed by atoms with Crippen LogP contribution in [0.25, 0.3) is 0 Å². The van der Waals surface area contributed by atoms with E-state index in [4.69, 9.17) is 5.26 Å². The largest absolute Gasteiger partial charge is 0.264 e. The molecular weight excluding hydrogens is 297 g/mol. The first kappa shape index (κ1) is 12.8. The monoisotopic (exact) mass is 307 g/mol. The second kappa shape index (κ2) is 4.91. The quantitative estimate of drug-likeness (QED) is 0.854. The highest BCUT2D eigenvalue weighted by Gasteiger charge is 2.11. The number of rotatable bonds is 2. The Morgan fingerprint density at radius 3 is 2.72 bits per heavy atom. The van der Waals surface area contributed by atoms with Crippen LogP contribution in [0.3, 0.4) is 0 Å². The molecule has 0 aliphatic carbocycles. The van der Waals surface area contributed by atoms with Gasteiger partial charge in [0, 0.05) is 0 Å². The second-order valence-electron chi connectivity index (χ2n) is 4.06. The van der Waals surface area contributed by atoms with Crippen LogP contribution in [0, 0.1) is 31.0 Å². The van der Waals surface area contributed by atoms with Crippen LogP contribution in [0.15, 0.2) is 22.7 Å². The van der Waals surface area contributed by atoms with Crippen molar-refractivity contribution < 1.29 is 4.39 Å². The number of aryl methyl sites for hydroxylation is 1. The molecule has 0 aliphatic rings. The van der Waals surface area contributed by atoms with Crippen LogP contribution in [0.1, 0.15) is 22.5 Å². The molecule has 0 aliphatic heterocycles. The molecule has 0 amide bonds. The summed E-state index contributed by atoms with van der Waals surface area (Å²) in [5.74, 6) is -0.343. The van der Waals surface area contributed by atoms with Gasteiger partial charge >= 0.3 is 0 Å². The zero-order chi connectivity index (χ0) is 13.3. The van der Waals surface area contributed by atoms with E-state index in [0.717, 1.165) is 15.9 Å². The Kier molecular flexibility index (Phi) is 3.48. The summed E-state index contributed by atoms with van der Waals surface area (Å²) in [5.41, 5.74) is 2.94. The maximum absolute atomic E-state index is 13.2. The molecule has 1 heterocycles. The molecule has 5 heteroatoms. The third-order valence-electron chi connectivity index (χ3n) is 2.80. The Morgan fingerprint density at radius 1 is 1.44 bits per heavy atom. The number of hydrogen-bond donors (Lipinski definition) is 0. The van der Waals surface area contributed by atoms with E-state index in [1.54, 1.807) is 4.68 Å². The van der Waals surface area contributed by atoms with E-state index in [0.29, 0.717) is 17.7 Å². The first-order valence-electron chi connectivity index (χ1n) is 5.41. The first-order valence-corrected chi connectivity index (χ1v) is 6.20. The molecule has 1 aromatic heterocycles.